The maximum absolute atomic E-state index is 11.7. The smallest absolute Gasteiger partial charge is 0.265 e. The average molecular weight is 332 g/mol. The van der Waals surface area contributed by atoms with Crippen LogP contribution in [0.1, 0.15) is 12.0 Å². The molecule has 0 saturated heterocycles. The fourth-order valence-electron chi connectivity index (χ4n) is 1.89. The molecule has 120 valence electrons. The summed E-state index contributed by atoms with van der Waals surface area (Å²) in [5, 5.41) is 6.84. The molecule has 0 aliphatic rings. The van der Waals surface area contributed by atoms with Gasteiger partial charge in [0.1, 0.15) is 5.84 Å². The lowest BCUT2D eigenvalue weighted by atomic mass is 10.1. The van der Waals surface area contributed by atoms with Gasteiger partial charge in [-0.25, -0.2) is 0 Å². The molecule has 1 amide bonds. The van der Waals surface area contributed by atoms with Gasteiger partial charge in [-0.05, 0) is 24.1 Å². The van der Waals surface area contributed by atoms with Crippen LogP contribution in [-0.4, -0.2) is 18.3 Å². The predicted octanol–water partition coefficient (Wildman–Crippen LogP) is 3.20. The zero-order valence-corrected chi connectivity index (χ0v) is 13.3. The summed E-state index contributed by atoms with van der Waals surface area (Å²) >= 11 is 5.95. The minimum Gasteiger partial charge on any atom is -0.384 e. The minimum atomic E-state index is -0.349. The molecule has 2 aromatic carbocycles. The number of nitrogens with one attached hydrogen (secondary N) is 1. The second-order valence-corrected chi connectivity index (χ2v) is 5.28. The number of carbonyl (C=O) groups is 1. The van der Waals surface area contributed by atoms with Gasteiger partial charge in [0.2, 0.25) is 0 Å². The van der Waals surface area contributed by atoms with Crippen molar-refractivity contribution in [2.45, 2.75) is 12.8 Å². The summed E-state index contributed by atoms with van der Waals surface area (Å²) in [4.78, 5) is 16.7. The molecule has 2 aromatic rings. The number of halogens is 1. The molecule has 6 heteroatoms. The Morgan fingerprint density at radius 1 is 1.13 bits per heavy atom. The van der Waals surface area contributed by atoms with Crippen LogP contribution in [-0.2, 0) is 16.1 Å². The molecule has 23 heavy (non-hydrogen) atoms. The Kier molecular flexibility index (Phi) is 6.44. The molecule has 0 atom stereocenters. The molecule has 0 aromatic heterocycles. The highest BCUT2D eigenvalue weighted by Crippen LogP contribution is 2.20. The lowest BCUT2D eigenvalue weighted by molar-refractivity contribution is -0.120. The Morgan fingerprint density at radius 2 is 1.83 bits per heavy atom. The standard InChI is InChI=1S/C17H18ClN3O2/c18-14-8-4-5-9-15(14)20-17(22)12-23-21-16(19)11-10-13-6-2-1-3-7-13/h1-9H,10-12H2,(H2,19,21)(H,20,22). The van der Waals surface area contributed by atoms with Gasteiger partial charge in [-0.15, -0.1) is 0 Å². The summed E-state index contributed by atoms with van der Waals surface area (Å²) < 4.78 is 0. The fraction of sp³-hybridized carbons (Fsp3) is 0.176. The first kappa shape index (κ1) is 16.8. The first-order valence-electron chi connectivity index (χ1n) is 7.18. The quantitative estimate of drug-likeness (QED) is 0.464. The van der Waals surface area contributed by atoms with Crippen LogP contribution in [0.2, 0.25) is 5.02 Å². The van der Waals surface area contributed by atoms with E-state index in [1.807, 2.05) is 30.3 Å². The zero-order chi connectivity index (χ0) is 16.5. The van der Waals surface area contributed by atoms with Gasteiger partial charge in [0.25, 0.3) is 5.91 Å². The van der Waals surface area contributed by atoms with Crippen molar-refractivity contribution in [3.8, 4) is 0 Å². The van der Waals surface area contributed by atoms with Crippen molar-refractivity contribution < 1.29 is 9.63 Å². The number of para-hydroxylation sites is 1. The number of rotatable bonds is 7. The number of hydrogen-bond donors (Lipinski definition) is 2. The molecule has 0 fully saturated rings. The van der Waals surface area contributed by atoms with Gasteiger partial charge in [-0.1, -0.05) is 59.2 Å². The SMILES string of the molecule is N/C(CCc1ccccc1)=N\OCC(=O)Nc1ccccc1Cl. The van der Waals surface area contributed by atoms with Gasteiger partial charge in [0, 0.05) is 6.42 Å². The molecule has 5 nitrogen and oxygen atoms in total. The Bertz CT molecular complexity index is 675. The van der Waals surface area contributed by atoms with Gasteiger partial charge in [-0.2, -0.15) is 0 Å². The molecular formula is C17H18ClN3O2. The second-order valence-electron chi connectivity index (χ2n) is 4.87. The lowest BCUT2D eigenvalue weighted by Crippen LogP contribution is -2.19. The normalized spacial score (nSPS) is 11.1. The van der Waals surface area contributed by atoms with E-state index in [9.17, 15) is 4.79 Å². The van der Waals surface area contributed by atoms with Gasteiger partial charge >= 0.3 is 0 Å². The van der Waals surface area contributed by atoms with Crippen molar-refractivity contribution in [2.24, 2.45) is 10.9 Å². The molecule has 0 bridgehead atoms. The van der Waals surface area contributed by atoms with Crippen LogP contribution in [0.4, 0.5) is 5.69 Å². The van der Waals surface area contributed by atoms with Crippen molar-refractivity contribution >= 4 is 29.0 Å². The number of benzene rings is 2. The average Bonchev–Trinajstić information content (AvgIpc) is 2.56. The van der Waals surface area contributed by atoms with Crippen molar-refractivity contribution in [1.29, 1.82) is 0 Å². The monoisotopic (exact) mass is 331 g/mol. The van der Waals surface area contributed by atoms with E-state index >= 15 is 0 Å². The van der Waals surface area contributed by atoms with E-state index in [-0.39, 0.29) is 12.5 Å². The molecule has 0 radical (unpaired) electrons. The van der Waals surface area contributed by atoms with Crippen LogP contribution < -0.4 is 11.1 Å². The van der Waals surface area contributed by atoms with Gasteiger partial charge in [0.05, 0.1) is 10.7 Å². The molecule has 0 aliphatic heterocycles. The number of amides is 1. The van der Waals surface area contributed by atoms with E-state index in [0.717, 1.165) is 6.42 Å². The van der Waals surface area contributed by atoms with E-state index in [4.69, 9.17) is 22.2 Å². The first-order valence-corrected chi connectivity index (χ1v) is 7.55. The molecule has 3 N–H and O–H groups in total. The van der Waals surface area contributed by atoms with Crippen molar-refractivity contribution in [3.63, 3.8) is 0 Å². The Morgan fingerprint density at radius 3 is 2.57 bits per heavy atom. The summed E-state index contributed by atoms with van der Waals surface area (Å²) in [5.74, 6) is -0.00268. The number of amidine groups is 1. The molecule has 0 spiro atoms. The van der Waals surface area contributed by atoms with E-state index < -0.39 is 0 Å². The molecular weight excluding hydrogens is 314 g/mol. The first-order chi connectivity index (χ1) is 11.1. The molecule has 0 aliphatic carbocycles. The zero-order valence-electron chi connectivity index (χ0n) is 12.5. The summed E-state index contributed by atoms with van der Waals surface area (Å²) in [6.45, 7) is -0.225. The van der Waals surface area contributed by atoms with E-state index in [1.54, 1.807) is 24.3 Å². The minimum absolute atomic E-state index is 0.225. The third-order valence-corrected chi connectivity index (χ3v) is 3.37. The van der Waals surface area contributed by atoms with E-state index in [2.05, 4.69) is 10.5 Å². The van der Waals surface area contributed by atoms with Crippen LogP contribution >= 0.6 is 11.6 Å². The molecule has 0 unspecified atom stereocenters. The van der Waals surface area contributed by atoms with Crippen LogP contribution in [0.15, 0.2) is 59.8 Å². The van der Waals surface area contributed by atoms with E-state index in [1.165, 1.54) is 5.56 Å². The summed E-state index contributed by atoms with van der Waals surface area (Å²) in [7, 11) is 0. The number of aryl methyl sites for hydroxylation is 1. The van der Waals surface area contributed by atoms with Crippen molar-refractivity contribution in [2.75, 3.05) is 11.9 Å². The van der Waals surface area contributed by atoms with Crippen LogP contribution in [0.3, 0.4) is 0 Å². The number of oxime groups is 1. The highest BCUT2D eigenvalue weighted by molar-refractivity contribution is 6.33. The fourth-order valence-corrected chi connectivity index (χ4v) is 2.07. The number of nitrogens with zero attached hydrogens (tertiary/aromatic N) is 1. The lowest BCUT2D eigenvalue weighted by Gasteiger charge is -2.06. The summed E-state index contributed by atoms with van der Waals surface area (Å²) in [5.41, 5.74) is 7.46. The maximum atomic E-state index is 11.7. The van der Waals surface area contributed by atoms with Gasteiger partial charge in [0.15, 0.2) is 6.61 Å². The van der Waals surface area contributed by atoms with Crippen molar-refractivity contribution in [1.82, 2.24) is 0 Å². The van der Waals surface area contributed by atoms with Gasteiger partial charge < -0.3 is 15.9 Å². The number of anilines is 1. The van der Waals surface area contributed by atoms with Crippen LogP contribution in [0.25, 0.3) is 0 Å². The molecule has 0 heterocycles. The van der Waals surface area contributed by atoms with Crippen molar-refractivity contribution in [3.05, 3.63) is 65.2 Å². The second kappa shape index (κ2) is 8.80. The number of hydrogen-bond acceptors (Lipinski definition) is 3. The Balaban J connectivity index is 1.72. The topological polar surface area (TPSA) is 76.7 Å². The van der Waals surface area contributed by atoms with E-state index in [0.29, 0.717) is 23.0 Å². The third-order valence-electron chi connectivity index (χ3n) is 3.04. The Labute approximate surface area is 140 Å². The number of carbonyl (C=O) groups excluding carboxylic acids is 1. The largest absolute Gasteiger partial charge is 0.384 e. The molecule has 0 saturated carbocycles. The third kappa shape index (κ3) is 6.00. The van der Waals surface area contributed by atoms with Crippen LogP contribution in [0, 0.1) is 0 Å². The highest BCUT2D eigenvalue weighted by atomic mass is 35.5. The maximum Gasteiger partial charge on any atom is 0.265 e. The predicted molar refractivity (Wildman–Crippen MR) is 92.4 cm³/mol. The number of nitrogens with two attached hydrogens (primary N) is 1. The highest BCUT2D eigenvalue weighted by Gasteiger charge is 2.05. The Hall–Kier alpha value is -2.53. The summed E-state index contributed by atoms with van der Waals surface area (Å²) in [6.07, 6.45) is 1.33. The molecule has 2 rings (SSSR count). The summed E-state index contributed by atoms with van der Waals surface area (Å²) in [6, 6.07) is 16.9. The van der Waals surface area contributed by atoms with Gasteiger partial charge in [-0.3, -0.25) is 4.79 Å². The van der Waals surface area contributed by atoms with Crippen LogP contribution in [0.5, 0.6) is 0 Å².